The standard InChI is InChI=1S/C19H20BrN3O/c20-16-5-1-14(2-6-16)18-13-19(22-21-18)15-3-7-17(8-4-15)23-9-11-24-12-10-23/h1-8,18,21H,9-13H2. The summed E-state index contributed by atoms with van der Waals surface area (Å²) >= 11 is 3.48. The van der Waals surface area contributed by atoms with Gasteiger partial charge in [0, 0.05) is 29.7 Å². The fraction of sp³-hybridized carbons (Fsp3) is 0.316. The van der Waals surface area contributed by atoms with Gasteiger partial charge in [0.15, 0.2) is 0 Å². The van der Waals surface area contributed by atoms with Crippen molar-refractivity contribution in [1.29, 1.82) is 0 Å². The van der Waals surface area contributed by atoms with Crippen molar-refractivity contribution in [1.82, 2.24) is 5.43 Å². The van der Waals surface area contributed by atoms with Crippen LogP contribution in [0, 0.1) is 0 Å². The predicted molar refractivity (Wildman–Crippen MR) is 101 cm³/mol. The van der Waals surface area contributed by atoms with Crippen LogP contribution in [-0.4, -0.2) is 32.0 Å². The first-order valence-electron chi connectivity index (χ1n) is 8.30. The topological polar surface area (TPSA) is 36.9 Å². The highest BCUT2D eigenvalue weighted by atomic mass is 79.9. The lowest BCUT2D eigenvalue weighted by molar-refractivity contribution is 0.122. The second-order valence-electron chi connectivity index (χ2n) is 6.14. The Labute approximate surface area is 150 Å². The minimum atomic E-state index is 0.256. The lowest BCUT2D eigenvalue weighted by atomic mass is 9.99. The molecule has 2 aliphatic rings. The molecule has 0 radical (unpaired) electrons. The summed E-state index contributed by atoms with van der Waals surface area (Å²) in [6, 6.07) is 17.4. The molecule has 0 amide bonds. The smallest absolute Gasteiger partial charge is 0.0745 e. The van der Waals surface area contributed by atoms with E-state index in [4.69, 9.17) is 4.74 Å². The molecule has 0 saturated carbocycles. The number of anilines is 1. The van der Waals surface area contributed by atoms with E-state index in [9.17, 15) is 0 Å². The molecule has 0 bridgehead atoms. The van der Waals surface area contributed by atoms with Crippen LogP contribution in [0.25, 0.3) is 0 Å². The number of nitrogens with zero attached hydrogens (tertiary/aromatic N) is 2. The quantitative estimate of drug-likeness (QED) is 0.874. The van der Waals surface area contributed by atoms with Gasteiger partial charge in [-0.2, -0.15) is 5.10 Å². The van der Waals surface area contributed by atoms with E-state index in [1.165, 1.54) is 16.8 Å². The van der Waals surface area contributed by atoms with Gasteiger partial charge < -0.3 is 15.1 Å². The van der Waals surface area contributed by atoms with E-state index in [1.807, 2.05) is 0 Å². The average Bonchev–Trinajstić information content (AvgIpc) is 3.13. The molecule has 0 spiro atoms. The van der Waals surface area contributed by atoms with Gasteiger partial charge in [-0.1, -0.05) is 40.2 Å². The highest BCUT2D eigenvalue weighted by Gasteiger charge is 2.21. The van der Waals surface area contributed by atoms with E-state index < -0.39 is 0 Å². The Hall–Kier alpha value is -1.85. The fourth-order valence-electron chi connectivity index (χ4n) is 3.20. The molecule has 2 aromatic carbocycles. The minimum Gasteiger partial charge on any atom is -0.378 e. The van der Waals surface area contributed by atoms with E-state index in [0.29, 0.717) is 0 Å². The summed E-state index contributed by atoms with van der Waals surface area (Å²) in [5, 5.41) is 4.55. The molecule has 24 heavy (non-hydrogen) atoms. The highest BCUT2D eigenvalue weighted by Crippen LogP contribution is 2.26. The van der Waals surface area contributed by atoms with Crippen molar-refractivity contribution in [2.24, 2.45) is 5.10 Å². The summed E-state index contributed by atoms with van der Waals surface area (Å²) in [6.07, 6.45) is 0.915. The van der Waals surface area contributed by atoms with Gasteiger partial charge in [-0.05, 0) is 35.4 Å². The van der Waals surface area contributed by atoms with Crippen LogP contribution in [0.3, 0.4) is 0 Å². The summed E-state index contributed by atoms with van der Waals surface area (Å²) < 4.78 is 6.52. The van der Waals surface area contributed by atoms with Crippen molar-refractivity contribution in [3.05, 3.63) is 64.1 Å². The van der Waals surface area contributed by atoms with E-state index >= 15 is 0 Å². The number of hydrogen-bond donors (Lipinski definition) is 1. The Balaban J connectivity index is 1.44. The van der Waals surface area contributed by atoms with Gasteiger partial charge >= 0.3 is 0 Å². The third-order valence-electron chi connectivity index (χ3n) is 4.60. The lowest BCUT2D eigenvalue weighted by Gasteiger charge is -2.28. The number of rotatable bonds is 3. The summed E-state index contributed by atoms with van der Waals surface area (Å²) in [7, 11) is 0. The van der Waals surface area contributed by atoms with Crippen LogP contribution in [0.4, 0.5) is 5.69 Å². The number of halogens is 1. The first-order valence-corrected chi connectivity index (χ1v) is 9.09. The van der Waals surface area contributed by atoms with Gasteiger partial charge in [0.05, 0.1) is 25.0 Å². The zero-order chi connectivity index (χ0) is 16.4. The largest absolute Gasteiger partial charge is 0.378 e. The summed E-state index contributed by atoms with van der Waals surface area (Å²) in [4.78, 5) is 2.37. The minimum absolute atomic E-state index is 0.256. The SMILES string of the molecule is Brc1ccc(C2CC(c3ccc(N4CCOCC4)cc3)=NN2)cc1. The molecule has 1 fully saturated rings. The summed E-state index contributed by atoms with van der Waals surface area (Å²) in [5.74, 6) is 0. The number of hydrogen-bond acceptors (Lipinski definition) is 4. The Kier molecular flexibility index (Phi) is 4.54. The molecule has 0 aliphatic carbocycles. The molecular formula is C19H20BrN3O. The Morgan fingerprint density at radius 3 is 2.42 bits per heavy atom. The molecule has 2 aromatic rings. The van der Waals surface area contributed by atoms with Gasteiger partial charge in [0.1, 0.15) is 0 Å². The van der Waals surface area contributed by atoms with Gasteiger partial charge in [-0.25, -0.2) is 0 Å². The molecule has 4 nitrogen and oxygen atoms in total. The Morgan fingerprint density at radius 2 is 1.71 bits per heavy atom. The molecule has 1 N–H and O–H groups in total. The average molecular weight is 386 g/mol. The maximum Gasteiger partial charge on any atom is 0.0745 e. The maximum atomic E-state index is 5.42. The van der Waals surface area contributed by atoms with E-state index in [2.05, 4.69) is 79.9 Å². The zero-order valence-electron chi connectivity index (χ0n) is 13.4. The zero-order valence-corrected chi connectivity index (χ0v) is 15.0. The number of nitrogens with one attached hydrogen (secondary N) is 1. The Morgan fingerprint density at radius 1 is 1.00 bits per heavy atom. The molecule has 2 aliphatic heterocycles. The molecular weight excluding hydrogens is 366 g/mol. The van der Waals surface area contributed by atoms with E-state index in [-0.39, 0.29) is 6.04 Å². The normalized spacial score (nSPS) is 20.6. The highest BCUT2D eigenvalue weighted by molar-refractivity contribution is 9.10. The summed E-state index contributed by atoms with van der Waals surface area (Å²) in [6.45, 7) is 3.56. The van der Waals surface area contributed by atoms with E-state index in [0.717, 1.165) is 42.9 Å². The van der Waals surface area contributed by atoms with Crippen LogP contribution in [0.1, 0.15) is 23.6 Å². The monoisotopic (exact) mass is 385 g/mol. The molecule has 1 atom stereocenters. The number of morpholine rings is 1. The second-order valence-corrected chi connectivity index (χ2v) is 7.06. The van der Waals surface area contributed by atoms with Crippen LogP contribution < -0.4 is 10.3 Å². The molecule has 1 saturated heterocycles. The van der Waals surface area contributed by atoms with Crippen molar-refractivity contribution >= 4 is 27.3 Å². The first-order chi connectivity index (χ1) is 11.8. The van der Waals surface area contributed by atoms with Gasteiger partial charge in [0.25, 0.3) is 0 Å². The number of ether oxygens (including phenoxy) is 1. The number of hydrazone groups is 1. The summed E-state index contributed by atoms with van der Waals surface area (Å²) in [5.41, 5.74) is 8.11. The van der Waals surface area contributed by atoms with Crippen molar-refractivity contribution in [3.63, 3.8) is 0 Å². The first kappa shape index (κ1) is 15.7. The van der Waals surface area contributed by atoms with Crippen molar-refractivity contribution < 1.29 is 4.74 Å². The van der Waals surface area contributed by atoms with Crippen molar-refractivity contribution in [2.45, 2.75) is 12.5 Å². The molecule has 1 unspecified atom stereocenters. The molecule has 0 aromatic heterocycles. The molecule has 4 rings (SSSR count). The van der Waals surface area contributed by atoms with Gasteiger partial charge in [-0.15, -0.1) is 0 Å². The molecule has 2 heterocycles. The molecule has 124 valence electrons. The fourth-order valence-corrected chi connectivity index (χ4v) is 3.46. The Bertz CT molecular complexity index is 721. The van der Waals surface area contributed by atoms with Crippen LogP contribution in [-0.2, 0) is 4.74 Å². The maximum absolute atomic E-state index is 5.42. The molecule has 5 heteroatoms. The third kappa shape index (κ3) is 3.32. The van der Waals surface area contributed by atoms with Crippen molar-refractivity contribution in [2.75, 3.05) is 31.2 Å². The van der Waals surface area contributed by atoms with Crippen LogP contribution in [0.15, 0.2) is 58.1 Å². The van der Waals surface area contributed by atoms with Gasteiger partial charge in [-0.3, -0.25) is 0 Å². The van der Waals surface area contributed by atoms with Crippen LogP contribution >= 0.6 is 15.9 Å². The third-order valence-corrected chi connectivity index (χ3v) is 5.13. The van der Waals surface area contributed by atoms with E-state index in [1.54, 1.807) is 0 Å². The van der Waals surface area contributed by atoms with Crippen LogP contribution in [0.2, 0.25) is 0 Å². The number of benzene rings is 2. The second kappa shape index (κ2) is 6.95. The van der Waals surface area contributed by atoms with Crippen molar-refractivity contribution in [3.8, 4) is 0 Å². The lowest BCUT2D eigenvalue weighted by Crippen LogP contribution is -2.36. The predicted octanol–water partition coefficient (Wildman–Crippen LogP) is 3.72. The van der Waals surface area contributed by atoms with Crippen LogP contribution in [0.5, 0.6) is 0 Å². The van der Waals surface area contributed by atoms with Gasteiger partial charge in [0.2, 0.25) is 0 Å².